The van der Waals surface area contributed by atoms with Crippen LogP contribution in [0.3, 0.4) is 0 Å². The topological polar surface area (TPSA) is 37.3 Å². The Labute approximate surface area is 120 Å². The Morgan fingerprint density at radius 1 is 1.35 bits per heavy atom. The molecule has 0 atom stereocenters. The van der Waals surface area contributed by atoms with E-state index >= 15 is 0 Å². The first-order valence-electron chi connectivity index (χ1n) is 6.41. The molecule has 0 amide bonds. The van der Waals surface area contributed by atoms with Crippen LogP contribution in [0.25, 0.3) is 20.2 Å². The van der Waals surface area contributed by atoms with Crippen molar-refractivity contribution in [3.63, 3.8) is 0 Å². The largest absolute Gasteiger partial charge is 0.506 e. The zero-order chi connectivity index (χ0) is 14.3. The van der Waals surface area contributed by atoms with Crippen LogP contribution in [0.5, 0.6) is 5.75 Å². The number of benzene rings is 2. The summed E-state index contributed by atoms with van der Waals surface area (Å²) in [5, 5.41) is 11.7. The predicted molar refractivity (Wildman–Crippen MR) is 85.9 cm³/mol. The van der Waals surface area contributed by atoms with E-state index < -0.39 is 0 Å². The molecule has 0 aliphatic carbocycles. The first-order chi connectivity index (χ1) is 9.63. The molecule has 0 aliphatic rings. The molecule has 3 rings (SSSR count). The molecule has 0 saturated heterocycles. The van der Waals surface area contributed by atoms with Crippen LogP contribution in [0.1, 0.15) is 11.1 Å². The zero-order valence-electron chi connectivity index (χ0n) is 11.1. The van der Waals surface area contributed by atoms with Crippen molar-refractivity contribution in [2.75, 3.05) is 0 Å². The summed E-state index contributed by atoms with van der Waals surface area (Å²) in [5.74, 6) is 0.207. The van der Waals surface area contributed by atoms with E-state index in [0.717, 1.165) is 15.8 Å². The lowest BCUT2D eigenvalue weighted by atomic mass is 10.0. The molecule has 2 nitrogen and oxygen atoms in total. The second kappa shape index (κ2) is 4.76. The van der Waals surface area contributed by atoms with E-state index in [2.05, 4.69) is 6.58 Å². The molecule has 0 radical (unpaired) electrons. The van der Waals surface area contributed by atoms with Crippen LogP contribution in [0.15, 0.2) is 47.8 Å². The van der Waals surface area contributed by atoms with Crippen molar-refractivity contribution >= 4 is 31.5 Å². The summed E-state index contributed by atoms with van der Waals surface area (Å²) in [7, 11) is 0. The highest BCUT2D eigenvalue weighted by Gasteiger charge is 2.14. The third-order valence-electron chi connectivity index (χ3n) is 3.47. The van der Waals surface area contributed by atoms with E-state index in [4.69, 9.17) is 0 Å². The number of hydrogen-bond donors (Lipinski definition) is 1. The number of hydrogen-bond acceptors (Lipinski definition) is 3. The summed E-state index contributed by atoms with van der Waals surface area (Å²) in [6, 6.07) is 9.39. The van der Waals surface area contributed by atoms with Gasteiger partial charge in [-0.2, -0.15) is 0 Å². The van der Waals surface area contributed by atoms with Crippen molar-refractivity contribution in [2.45, 2.75) is 13.3 Å². The van der Waals surface area contributed by atoms with Crippen molar-refractivity contribution in [3.8, 4) is 5.75 Å². The second-order valence-electron chi connectivity index (χ2n) is 4.83. The Hall–Kier alpha value is -2.13. The van der Waals surface area contributed by atoms with Crippen LogP contribution < -0.4 is 5.43 Å². The zero-order valence-corrected chi connectivity index (χ0v) is 12.0. The lowest BCUT2D eigenvalue weighted by molar-refractivity contribution is 0.477. The van der Waals surface area contributed by atoms with E-state index in [1.165, 1.54) is 11.3 Å². The smallest absolute Gasteiger partial charge is 0.196 e. The lowest BCUT2D eigenvalue weighted by Crippen LogP contribution is -2.03. The average Bonchev–Trinajstić information content (AvgIpc) is 2.44. The van der Waals surface area contributed by atoms with Gasteiger partial charge in [0.2, 0.25) is 0 Å². The number of rotatable bonds is 2. The summed E-state index contributed by atoms with van der Waals surface area (Å²) in [6.45, 7) is 5.62. The Balaban J connectivity index is 2.54. The molecule has 2 aromatic carbocycles. The molecule has 0 aliphatic heterocycles. The molecule has 1 aromatic heterocycles. The molecule has 0 unspecified atom stereocenters. The van der Waals surface area contributed by atoms with Gasteiger partial charge in [0.15, 0.2) is 5.43 Å². The van der Waals surface area contributed by atoms with Gasteiger partial charge in [-0.15, -0.1) is 17.9 Å². The van der Waals surface area contributed by atoms with Gasteiger partial charge in [-0.05, 0) is 36.6 Å². The Morgan fingerprint density at radius 2 is 2.10 bits per heavy atom. The van der Waals surface area contributed by atoms with Gasteiger partial charge in [-0.1, -0.05) is 24.3 Å². The van der Waals surface area contributed by atoms with Crippen molar-refractivity contribution < 1.29 is 5.11 Å². The molecule has 0 spiro atoms. The maximum absolute atomic E-state index is 12.6. The first-order valence-corrected chi connectivity index (χ1v) is 7.23. The van der Waals surface area contributed by atoms with E-state index in [0.29, 0.717) is 21.9 Å². The molecule has 0 bridgehead atoms. The SMILES string of the molecule is C=CCc1cc(C)c2c(=O)c3ccccc3sc2c1O. The molecule has 1 N–H and O–H groups in total. The van der Waals surface area contributed by atoms with E-state index in [1.54, 1.807) is 6.08 Å². The molecule has 20 heavy (non-hydrogen) atoms. The Kier molecular flexibility index (Phi) is 3.07. The molecule has 0 saturated carbocycles. The van der Waals surface area contributed by atoms with Crippen molar-refractivity contribution in [1.29, 1.82) is 0 Å². The maximum Gasteiger partial charge on any atom is 0.196 e. The van der Waals surface area contributed by atoms with Gasteiger partial charge in [0.05, 0.1) is 4.70 Å². The number of allylic oxidation sites excluding steroid dienone is 1. The van der Waals surface area contributed by atoms with Gasteiger partial charge in [0, 0.05) is 15.5 Å². The van der Waals surface area contributed by atoms with E-state index in [1.807, 2.05) is 37.3 Å². The number of phenolic OH excluding ortho intramolecular Hbond substituents is 1. The van der Waals surface area contributed by atoms with Gasteiger partial charge >= 0.3 is 0 Å². The fourth-order valence-electron chi connectivity index (χ4n) is 2.53. The van der Waals surface area contributed by atoms with Crippen molar-refractivity contribution in [3.05, 3.63) is 64.3 Å². The van der Waals surface area contributed by atoms with Gasteiger partial charge in [0.25, 0.3) is 0 Å². The Morgan fingerprint density at radius 3 is 2.85 bits per heavy atom. The van der Waals surface area contributed by atoms with Crippen molar-refractivity contribution in [1.82, 2.24) is 0 Å². The molecule has 3 heteroatoms. The number of aromatic hydroxyl groups is 1. The highest BCUT2D eigenvalue weighted by molar-refractivity contribution is 7.24. The molecule has 1 heterocycles. The summed E-state index contributed by atoms with van der Waals surface area (Å²) in [4.78, 5) is 12.6. The normalized spacial score (nSPS) is 11.1. The summed E-state index contributed by atoms with van der Waals surface area (Å²) in [6.07, 6.45) is 2.35. The number of fused-ring (bicyclic) bond motifs is 2. The number of phenols is 1. The van der Waals surface area contributed by atoms with E-state index in [-0.39, 0.29) is 11.2 Å². The fraction of sp³-hybridized carbons (Fsp3) is 0.118. The van der Waals surface area contributed by atoms with Gasteiger partial charge in [-0.3, -0.25) is 4.79 Å². The molecular formula is C17H14O2S. The van der Waals surface area contributed by atoms with Crippen LogP contribution in [0.4, 0.5) is 0 Å². The monoisotopic (exact) mass is 282 g/mol. The van der Waals surface area contributed by atoms with Crippen molar-refractivity contribution in [2.24, 2.45) is 0 Å². The maximum atomic E-state index is 12.6. The average molecular weight is 282 g/mol. The van der Waals surface area contributed by atoms with Crippen LogP contribution in [0.2, 0.25) is 0 Å². The fourth-order valence-corrected chi connectivity index (χ4v) is 3.75. The Bertz CT molecular complexity index is 891. The molecule has 0 fully saturated rings. The second-order valence-corrected chi connectivity index (χ2v) is 5.88. The lowest BCUT2D eigenvalue weighted by Gasteiger charge is -2.09. The molecule has 3 aromatic rings. The third kappa shape index (κ3) is 1.82. The number of aryl methyl sites for hydroxylation is 1. The van der Waals surface area contributed by atoms with Crippen LogP contribution >= 0.6 is 11.3 Å². The highest BCUT2D eigenvalue weighted by Crippen LogP contribution is 2.36. The van der Waals surface area contributed by atoms with Gasteiger partial charge in [0.1, 0.15) is 5.75 Å². The van der Waals surface area contributed by atoms with E-state index in [9.17, 15) is 9.90 Å². The van der Waals surface area contributed by atoms with Crippen LogP contribution in [0, 0.1) is 6.92 Å². The quantitative estimate of drug-likeness (QED) is 0.566. The minimum absolute atomic E-state index is 0.00713. The highest BCUT2D eigenvalue weighted by atomic mass is 32.1. The minimum atomic E-state index is -0.00713. The van der Waals surface area contributed by atoms with Crippen LogP contribution in [-0.4, -0.2) is 5.11 Å². The predicted octanol–water partition coefficient (Wildman–Crippen LogP) is 4.16. The standard InChI is InChI=1S/C17H14O2S/c1-3-6-11-9-10(2)14-16(19)12-7-4-5-8-13(12)20-17(14)15(11)18/h3-5,7-9,18H,1,6H2,2H3. The van der Waals surface area contributed by atoms with Gasteiger partial charge < -0.3 is 5.11 Å². The summed E-state index contributed by atoms with van der Waals surface area (Å²) in [5.41, 5.74) is 1.71. The van der Waals surface area contributed by atoms with Crippen LogP contribution in [-0.2, 0) is 6.42 Å². The summed E-state index contributed by atoms with van der Waals surface area (Å²) >= 11 is 1.46. The molecular weight excluding hydrogens is 268 g/mol. The first kappa shape index (κ1) is 12.9. The minimum Gasteiger partial charge on any atom is -0.506 e. The molecule has 100 valence electrons. The van der Waals surface area contributed by atoms with Gasteiger partial charge in [-0.25, -0.2) is 0 Å². The third-order valence-corrected chi connectivity index (χ3v) is 4.64. The summed E-state index contributed by atoms with van der Waals surface area (Å²) < 4.78 is 1.57.